The van der Waals surface area contributed by atoms with Gasteiger partial charge in [-0.2, -0.15) is 0 Å². The topological polar surface area (TPSA) is 76.7 Å². The second kappa shape index (κ2) is 7.74. The second-order valence-corrected chi connectivity index (χ2v) is 6.66. The van der Waals surface area contributed by atoms with Gasteiger partial charge in [0.2, 0.25) is 10.0 Å². The van der Waals surface area contributed by atoms with Crippen LogP contribution in [0.25, 0.3) is 0 Å². The highest BCUT2D eigenvalue weighted by atomic mass is 32.2. The van der Waals surface area contributed by atoms with Crippen LogP contribution in [0, 0.1) is 0 Å². The van der Waals surface area contributed by atoms with Gasteiger partial charge in [-0.3, -0.25) is 0 Å². The third kappa shape index (κ3) is 4.96. The lowest BCUT2D eigenvalue weighted by atomic mass is 10.3. The monoisotopic (exact) mass is 314 g/mol. The van der Waals surface area contributed by atoms with Crippen LogP contribution >= 0.6 is 0 Å². The van der Waals surface area contributed by atoms with E-state index in [-0.39, 0.29) is 10.9 Å². The summed E-state index contributed by atoms with van der Waals surface area (Å²) < 4.78 is 37.7. The maximum atomic E-state index is 12.2. The predicted octanol–water partition coefficient (Wildman–Crippen LogP) is 0.742. The Morgan fingerprint density at radius 1 is 1.38 bits per heavy atom. The molecule has 118 valence electrons. The molecule has 1 aliphatic heterocycles. The van der Waals surface area contributed by atoms with Crippen molar-refractivity contribution < 1.29 is 17.9 Å². The van der Waals surface area contributed by atoms with Crippen molar-refractivity contribution in [2.24, 2.45) is 0 Å². The smallest absolute Gasteiger partial charge is 0.240 e. The number of hydrogen-bond donors (Lipinski definition) is 2. The minimum absolute atomic E-state index is 0.0145. The molecule has 7 heteroatoms. The Hall–Kier alpha value is -1.15. The van der Waals surface area contributed by atoms with Gasteiger partial charge in [-0.05, 0) is 30.7 Å². The molecule has 1 saturated heterocycles. The van der Waals surface area contributed by atoms with E-state index in [0.717, 1.165) is 13.0 Å². The van der Waals surface area contributed by atoms with Crippen LogP contribution in [0.1, 0.15) is 13.3 Å². The van der Waals surface area contributed by atoms with Crippen LogP contribution in [0.2, 0.25) is 0 Å². The van der Waals surface area contributed by atoms with Gasteiger partial charge < -0.3 is 14.8 Å². The van der Waals surface area contributed by atoms with Crippen LogP contribution in [0.15, 0.2) is 29.2 Å². The van der Waals surface area contributed by atoms with E-state index in [9.17, 15) is 8.42 Å². The second-order valence-electron chi connectivity index (χ2n) is 4.90. The van der Waals surface area contributed by atoms with E-state index in [2.05, 4.69) is 10.0 Å². The Labute approximate surface area is 125 Å². The van der Waals surface area contributed by atoms with Crippen molar-refractivity contribution in [1.82, 2.24) is 10.0 Å². The lowest BCUT2D eigenvalue weighted by Crippen LogP contribution is -2.48. The third-order valence-corrected chi connectivity index (χ3v) is 4.56. The van der Waals surface area contributed by atoms with E-state index in [4.69, 9.17) is 9.47 Å². The molecule has 0 amide bonds. The summed E-state index contributed by atoms with van der Waals surface area (Å²) in [5.41, 5.74) is 0. The van der Waals surface area contributed by atoms with Gasteiger partial charge in [-0.1, -0.05) is 6.92 Å². The zero-order chi connectivity index (χ0) is 15.1. The fourth-order valence-electron chi connectivity index (χ4n) is 1.98. The minimum atomic E-state index is -3.50. The maximum absolute atomic E-state index is 12.2. The summed E-state index contributed by atoms with van der Waals surface area (Å²) >= 11 is 0. The van der Waals surface area contributed by atoms with E-state index in [1.165, 1.54) is 0 Å². The largest absolute Gasteiger partial charge is 0.494 e. The quantitative estimate of drug-likeness (QED) is 0.776. The van der Waals surface area contributed by atoms with Crippen molar-refractivity contribution in [3.05, 3.63) is 24.3 Å². The standard InChI is InChI=1S/C14H22N2O4S/c1-2-8-20-13-3-5-14(6-4-13)21(17,18)16-10-12-11-19-9-7-15-12/h3-6,12,15-16H,2,7-11H2,1H3. The Morgan fingerprint density at radius 3 is 2.76 bits per heavy atom. The normalized spacial score (nSPS) is 19.4. The van der Waals surface area contributed by atoms with E-state index >= 15 is 0 Å². The van der Waals surface area contributed by atoms with Gasteiger partial charge in [0, 0.05) is 19.1 Å². The molecule has 1 atom stereocenters. The third-order valence-electron chi connectivity index (χ3n) is 3.13. The van der Waals surface area contributed by atoms with Crippen molar-refractivity contribution in [3.63, 3.8) is 0 Å². The van der Waals surface area contributed by atoms with Crippen molar-refractivity contribution in [2.75, 3.05) is 32.9 Å². The molecule has 1 aliphatic rings. The first-order valence-electron chi connectivity index (χ1n) is 7.15. The SMILES string of the molecule is CCCOc1ccc(S(=O)(=O)NCC2COCCN2)cc1. The fourth-order valence-corrected chi connectivity index (χ4v) is 3.06. The first kappa shape index (κ1) is 16.2. The number of benzene rings is 1. The van der Waals surface area contributed by atoms with Crippen LogP contribution in [-0.2, 0) is 14.8 Å². The first-order valence-corrected chi connectivity index (χ1v) is 8.64. The minimum Gasteiger partial charge on any atom is -0.494 e. The van der Waals surface area contributed by atoms with E-state index in [1.54, 1.807) is 24.3 Å². The highest BCUT2D eigenvalue weighted by Crippen LogP contribution is 2.16. The highest BCUT2D eigenvalue weighted by molar-refractivity contribution is 7.89. The van der Waals surface area contributed by atoms with Crippen molar-refractivity contribution >= 4 is 10.0 Å². The van der Waals surface area contributed by atoms with E-state index in [1.807, 2.05) is 6.92 Å². The van der Waals surface area contributed by atoms with Gasteiger partial charge in [0.25, 0.3) is 0 Å². The zero-order valence-electron chi connectivity index (χ0n) is 12.2. The molecule has 0 aromatic heterocycles. The molecule has 21 heavy (non-hydrogen) atoms. The molecule has 0 bridgehead atoms. The molecule has 2 rings (SSSR count). The molecule has 1 aromatic rings. The van der Waals surface area contributed by atoms with E-state index in [0.29, 0.717) is 32.1 Å². The molecule has 0 saturated carbocycles. The molecule has 0 aliphatic carbocycles. The number of sulfonamides is 1. The van der Waals surface area contributed by atoms with Crippen LogP contribution in [0.4, 0.5) is 0 Å². The first-order chi connectivity index (χ1) is 10.1. The Balaban J connectivity index is 1.91. The molecule has 0 radical (unpaired) electrons. The lowest BCUT2D eigenvalue weighted by Gasteiger charge is -2.23. The molecule has 1 heterocycles. The molecular formula is C14H22N2O4S. The maximum Gasteiger partial charge on any atom is 0.240 e. The van der Waals surface area contributed by atoms with Crippen molar-refractivity contribution in [3.8, 4) is 5.75 Å². The molecule has 1 fully saturated rings. The summed E-state index contributed by atoms with van der Waals surface area (Å²) in [7, 11) is -3.50. The molecule has 1 unspecified atom stereocenters. The van der Waals surface area contributed by atoms with Crippen molar-refractivity contribution in [1.29, 1.82) is 0 Å². The van der Waals surface area contributed by atoms with Gasteiger partial charge in [-0.15, -0.1) is 0 Å². The van der Waals surface area contributed by atoms with Gasteiger partial charge in [0.1, 0.15) is 5.75 Å². The number of hydrogen-bond acceptors (Lipinski definition) is 5. The Kier molecular flexibility index (Phi) is 5.98. The molecule has 2 N–H and O–H groups in total. The van der Waals surface area contributed by atoms with E-state index < -0.39 is 10.0 Å². The Morgan fingerprint density at radius 2 is 2.14 bits per heavy atom. The summed E-state index contributed by atoms with van der Waals surface area (Å²) in [6.07, 6.45) is 0.915. The summed E-state index contributed by atoms with van der Waals surface area (Å²) in [5.74, 6) is 0.679. The average Bonchev–Trinajstić information content (AvgIpc) is 2.52. The average molecular weight is 314 g/mol. The zero-order valence-corrected chi connectivity index (χ0v) is 13.0. The van der Waals surface area contributed by atoms with Gasteiger partial charge >= 0.3 is 0 Å². The summed E-state index contributed by atoms with van der Waals surface area (Å²) in [6.45, 7) is 4.89. The number of morpholine rings is 1. The Bertz CT molecular complexity index is 524. The van der Waals surface area contributed by atoms with Crippen LogP contribution in [0.5, 0.6) is 5.75 Å². The fraction of sp³-hybridized carbons (Fsp3) is 0.571. The summed E-state index contributed by atoms with van der Waals surface area (Å²) in [6, 6.07) is 6.47. The molecule has 6 nitrogen and oxygen atoms in total. The van der Waals surface area contributed by atoms with Crippen LogP contribution in [-0.4, -0.2) is 47.4 Å². The molecular weight excluding hydrogens is 292 g/mol. The van der Waals surface area contributed by atoms with Gasteiger partial charge in [0.05, 0.1) is 24.7 Å². The lowest BCUT2D eigenvalue weighted by molar-refractivity contribution is 0.0784. The highest BCUT2D eigenvalue weighted by Gasteiger charge is 2.18. The molecule has 1 aromatic carbocycles. The number of nitrogens with one attached hydrogen (secondary N) is 2. The van der Waals surface area contributed by atoms with Crippen LogP contribution < -0.4 is 14.8 Å². The van der Waals surface area contributed by atoms with Crippen molar-refractivity contribution in [2.45, 2.75) is 24.3 Å². The van der Waals surface area contributed by atoms with Crippen LogP contribution in [0.3, 0.4) is 0 Å². The number of ether oxygens (including phenoxy) is 2. The van der Waals surface area contributed by atoms with Gasteiger partial charge in [-0.25, -0.2) is 13.1 Å². The summed E-state index contributed by atoms with van der Waals surface area (Å²) in [5, 5.41) is 3.20. The number of rotatable bonds is 7. The predicted molar refractivity (Wildman–Crippen MR) is 80.0 cm³/mol. The van der Waals surface area contributed by atoms with Gasteiger partial charge in [0.15, 0.2) is 0 Å². The summed E-state index contributed by atoms with van der Waals surface area (Å²) in [4.78, 5) is 0.239. The molecule has 0 spiro atoms.